The maximum atomic E-state index is 13.3. The van der Waals surface area contributed by atoms with Crippen LogP contribution in [0.15, 0.2) is 84.9 Å². The van der Waals surface area contributed by atoms with Crippen molar-refractivity contribution in [1.82, 2.24) is 0 Å². The number of Topliss-reactive ketones (excluding diaryl/α,β-unsaturated/α-hetero) is 2. The molecule has 198 valence electrons. The molecule has 9 heteroatoms. The van der Waals surface area contributed by atoms with E-state index in [-0.39, 0.29) is 11.1 Å². The van der Waals surface area contributed by atoms with E-state index in [2.05, 4.69) is 0 Å². The van der Waals surface area contributed by atoms with Gasteiger partial charge in [-0.25, -0.2) is 0 Å². The lowest BCUT2D eigenvalue weighted by molar-refractivity contribution is 0.0221. The normalized spacial score (nSPS) is 12.1. The molecule has 39 heavy (non-hydrogen) atoms. The largest absolute Gasteiger partial charge is 0.307 e. The van der Waals surface area contributed by atoms with E-state index >= 15 is 0 Å². The zero-order valence-corrected chi connectivity index (χ0v) is 23.1. The minimum absolute atomic E-state index is 0.0202. The SMILES string of the molecule is CC(F)(F)C(=O)c1ccc(-c2ccc(-c3ccc(-c4ccc(-c5ccc(C(=O)C(C)(F)F)cc5)s4)s3)s2)cc1. The number of hydrogen-bond acceptors (Lipinski definition) is 5. The topological polar surface area (TPSA) is 34.1 Å². The van der Waals surface area contributed by atoms with Crippen molar-refractivity contribution in [1.29, 1.82) is 0 Å². The average molecular weight is 585 g/mol. The van der Waals surface area contributed by atoms with Gasteiger partial charge in [-0.1, -0.05) is 48.5 Å². The molecule has 5 aromatic rings. The molecule has 0 aliphatic rings. The zero-order chi connectivity index (χ0) is 27.9. The van der Waals surface area contributed by atoms with E-state index in [1.807, 2.05) is 36.4 Å². The predicted octanol–water partition coefficient (Wildman–Crippen LogP) is 10.2. The van der Waals surface area contributed by atoms with Gasteiger partial charge in [0.1, 0.15) is 0 Å². The van der Waals surface area contributed by atoms with Crippen molar-refractivity contribution in [3.8, 4) is 40.4 Å². The Balaban J connectivity index is 1.31. The minimum atomic E-state index is -3.40. The Kier molecular flexibility index (Phi) is 7.17. The fourth-order valence-electron chi connectivity index (χ4n) is 3.93. The van der Waals surface area contributed by atoms with E-state index in [4.69, 9.17) is 0 Å². The summed E-state index contributed by atoms with van der Waals surface area (Å²) in [4.78, 5) is 29.8. The highest BCUT2D eigenvalue weighted by molar-refractivity contribution is 7.27. The third-order valence-corrected chi connectivity index (χ3v) is 9.71. The van der Waals surface area contributed by atoms with Crippen LogP contribution in [0.1, 0.15) is 34.6 Å². The highest BCUT2D eigenvalue weighted by Gasteiger charge is 2.33. The molecule has 0 N–H and O–H groups in total. The fraction of sp³-hybridized carbons (Fsp3) is 0.133. The van der Waals surface area contributed by atoms with Crippen molar-refractivity contribution in [2.75, 3.05) is 0 Å². The van der Waals surface area contributed by atoms with Crippen LogP contribution < -0.4 is 0 Å². The number of alkyl halides is 4. The van der Waals surface area contributed by atoms with Crippen LogP contribution in [0.5, 0.6) is 0 Å². The highest BCUT2D eigenvalue weighted by Crippen LogP contribution is 2.43. The van der Waals surface area contributed by atoms with Gasteiger partial charge in [0.05, 0.1) is 0 Å². The molecule has 0 saturated heterocycles. The van der Waals surface area contributed by atoms with Crippen molar-refractivity contribution >= 4 is 45.6 Å². The summed E-state index contributed by atoms with van der Waals surface area (Å²) < 4.78 is 53.3. The summed E-state index contributed by atoms with van der Waals surface area (Å²) in [6.45, 7) is 1.20. The molecule has 0 amide bonds. The summed E-state index contributed by atoms with van der Waals surface area (Å²) in [5.74, 6) is -9.20. The number of halogens is 4. The first-order valence-electron chi connectivity index (χ1n) is 11.8. The number of ketones is 2. The first-order chi connectivity index (χ1) is 18.4. The summed E-state index contributed by atoms with van der Waals surface area (Å²) in [6, 6.07) is 24.5. The van der Waals surface area contributed by atoms with Crippen molar-refractivity contribution in [2.24, 2.45) is 0 Å². The number of carbonyl (C=O) groups is 2. The fourth-order valence-corrected chi connectivity index (χ4v) is 7.14. The lowest BCUT2D eigenvalue weighted by atomic mass is 10.0. The Bertz CT molecular complexity index is 1530. The second kappa shape index (κ2) is 10.3. The minimum Gasteiger partial charge on any atom is -0.287 e. The van der Waals surface area contributed by atoms with E-state index in [0.717, 1.165) is 40.4 Å². The van der Waals surface area contributed by atoms with E-state index in [9.17, 15) is 27.2 Å². The van der Waals surface area contributed by atoms with E-state index < -0.39 is 23.4 Å². The van der Waals surface area contributed by atoms with Crippen molar-refractivity contribution < 1.29 is 27.2 Å². The van der Waals surface area contributed by atoms with Gasteiger partial charge in [-0.3, -0.25) is 9.59 Å². The smallest absolute Gasteiger partial charge is 0.287 e. The molecule has 0 atom stereocenters. The number of thiophene rings is 3. The van der Waals surface area contributed by atoms with Gasteiger partial charge in [0, 0.05) is 54.2 Å². The third-order valence-electron chi connectivity index (χ3n) is 5.96. The van der Waals surface area contributed by atoms with Crippen molar-refractivity contribution in [3.05, 3.63) is 96.1 Å². The maximum Gasteiger partial charge on any atom is 0.307 e. The number of carbonyl (C=O) groups excluding carboxylic acids is 2. The summed E-state index contributed by atoms with van der Waals surface area (Å²) in [5, 5.41) is 0. The number of benzene rings is 2. The predicted molar refractivity (Wildman–Crippen MR) is 152 cm³/mol. The summed E-state index contributed by atoms with van der Waals surface area (Å²) >= 11 is 4.79. The molecule has 0 spiro atoms. The molecule has 2 aromatic carbocycles. The lowest BCUT2D eigenvalue weighted by Crippen LogP contribution is -2.24. The van der Waals surface area contributed by atoms with E-state index in [0.29, 0.717) is 13.8 Å². The highest BCUT2D eigenvalue weighted by atomic mass is 32.1. The van der Waals surface area contributed by atoms with Crippen LogP contribution in [0.4, 0.5) is 17.6 Å². The van der Waals surface area contributed by atoms with Gasteiger partial charge in [0.25, 0.3) is 0 Å². The second-order valence-corrected chi connectivity index (χ2v) is 12.3. The van der Waals surface area contributed by atoms with E-state index in [1.165, 1.54) is 24.3 Å². The first kappa shape index (κ1) is 27.2. The Hall–Kier alpha value is -3.40. The second-order valence-electron chi connectivity index (χ2n) is 9.08. The molecule has 0 fully saturated rings. The van der Waals surface area contributed by atoms with Crippen LogP contribution in [0.3, 0.4) is 0 Å². The van der Waals surface area contributed by atoms with Gasteiger partial charge in [0.2, 0.25) is 11.6 Å². The third kappa shape index (κ3) is 5.80. The Morgan fingerprint density at radius 3 is 1.00 bits per heavy atom. The Morgan fingerprint density at radius 1 is 0.462 bits per heavy atom. The van der Waals surface area contributed by atoms with Crippen LogP contribution in [0, 0.1) is 0 Å². The van der Waals surface area contributed by atoms with Gasteiger partial charge < -0.3 is 0 Å². The molecule has 2 nitrogen and oxygen atoms in total. The molecule has 0 aliphatic heterocycles. The Labute approximate surface area is 234 Å². The molecule has 0 bridgehead atoms. The first-order valence-corrected chi connectivity index (χ1v) is 14.2. The molecular formula is C30H20F4O2S3. The molecule has 3 aromatic heterocycles. The molecular weight excluding hydrogens is 565 g/mol. The monoisotopic (exact) mass is 584 g/mol. The molecule has 0 saturated carbocycles. The van der Waals surface area contributed by atoms with Gasteiger partial charge in [-0.2, -0.15) is 17.6 Å². The van der Waals surface area contributed by atoms with Crippen molar-refractivity contribution in [3.63, 3.8) is 0 Å². The molecule has 5 rings (SSSR count). The van der Waals surface area contributed by atoms with Crippen LogP contribution >= 0.6 is 34.0 Å². The van der Waals surface area contributed by atoms with Gasteiger partial charge in [0.15, 0.2) is 0 Å². The number of hydrogen-bond donors (Lipinski definition) is 0. The lowest BCUT2D eigenvalue weighted by Gasteiger charge is -2.08. The van der Waals surface area contributed by atoms with Crippen molar-refractivity contribution in [2.45, 2.75) is 25.7 Å². The van der Waals surface area contributed by atoms with Gasteiger partial charge in [-0.15, -0.1) is 34.0 Å². The van der Waals surface area contributed by atoms with Crippen LogP contribution in [-0.4, -0.2) is 23.4 Å². The average Bonchev–Trinajstić information content (AvgIpc) is 3.67. The summed E-state index contributed by atoms with van der Waals surface area (Å²) in [5.41, 5.74) is 1.65. The molecule has 0 radical (unpaired) electrons. The zero-order valence-electron chi connectivity index (χ0n) is 20.6. The molecule has 3 heterocycles. The van der Waals surface area contributed by atoms with Crippen LogP contribution in [0.25, 0.3) is 40.4 Å². The maximum absolute atomic E-state index is 13.3. The summed E-state index contributed by atoms with van der Waals surface area (Å²) in [6.07, 6.45) is 0. The standard InChI is InChI=1S/C30H20F4O2S3/c1-29(31,32)27(35)19-7-3-17(4-8-19)21-11-13-23(37-21)25-15-16-26(39-25)24-14-12-22(38-24)18-5-9-20(10-6-18)28(36)30(2,33)34/h3-16H,1-2H3. The van der Waals surface area contributed by atoms with Crippen LogP contribution in [0.2, 0.25) is 0 Å². The molecule has 0 unspecified atom stereocenters. The quantitative estimate of drug-likeness (QED) is 0.134. The Morgan fingerprint density at radius 2 is 0.718 bits per heavy atom. The summed E-state index contributed by atoms with van der Waals surface area (Å²) in [7, 11) is 0. The van der Waals surface area contributed by atoms with E-state index in [1.54, 1.807) is 58.3 Å². The van der Waals surface area contributed by atoms with Crippen LogP contribution in [-0.2, 0) is 0 Å². The van der Waals surface area contributed by atoms with Gasteiger partial charge in [-0.05, 0) is 47.5 Å². The number of rotatable bonds is 8. The molecule has 0 aliphatic carbocycles. The van der Waals surface area contributed by atoms with Gasteiger partial charge >= 0.3 is 11.8 Å².